The second-order valence-corrected chi connectivity index (χ2v) is 6.14. The molecular weight excluding hydrogens is 284 g/mol. The monoisotopic (exact) mass is 310 g/mol. The molecule has 114 valence electrons. The van der Waals surface area contributed by atoms with Crippen molar-refractivity contribution in [3.05, 3.63) is 29.8 Å². The Hall–Kier alpha value is -0.580. The minimum atomic E-state index is -3.55. The number of rotatable bonds is 1. The maximum Gasteiger partial charge on any atom is 0.261 e. The second-order valence-electron chi connectivity index (χ2n) is 3.57. The van der Waals surface area contributed by atoms with Crippen LogP contribution in [0, 0.1) is 6.92 Å². The Morgan fingerprint density at radius 3 is 1.68 bits per heavy atom. The van der Waals surface area contributed by atoms with Crippen molar-refractivity contribution >= 4 is 19.7 Å². The molecule has 0 amide bonds. The predicted octanol–water partition coefficient (Wildman–Crippen LogP) is 4.63. The van der Waals surface area contributed by atoms with Crippen molar-refractivity contribution in [3.8, 4) is 0 Å². The number of halogens is 1. The molecule has 0 saturated carbocycles. The van der Waals surface area contributed by atoms with Gasteiger partial charge in [-0.3, -0.25) is 0 Å². The van der Waals surface area contributed by atoms with E-state index in [1.807, 2.05) is 6.92 Å². The van der Waals surface area contributed by atoms with Crippen molar-refractivity contribution in [2.75, 3.05) is 13.2 Å². The van der Waals surface area contributed by atoms with E-state index in [9.17, 15) is 8.42 Å². The number of benzene rings is 1. The molecule has 1 aromatic rings. The van der Waals surface area contributed by atoms with Gasteiger partial charge in [-0.25, -0.2) is 8.42 Å². The molecular formula is C14H27ClO3S. The van der Waals surface area contributed by atoms with Gasteiger partial charge in [-0.2, -0.15) is 0 Å². The SMILES string of the molecule is C.C.C.C1CCOC1.Cc1ccc(S(=O)(=O)Cl)cc1. The third kappa shape index (κ3) is 9.93. The molecule has 3 nitrogen and oxygen atoms in total. The summed E-state index contributed by atoms with van der Waals surface area (Å²) >= 11 is 0. The van der Waals surface area contributed by atoms with Crippen LogP contribution in [0.15, 0.2) is 29.2 Å². The summed E-state index contributed by atoms with van der Waals surface area (Å²) in [6.07, 6.45) is 2.56. The Morgan fingerprint density at radius 1 is 1.00 bits per heavy atom. The number of hydrogen-bond donors (Lipinski definition) is 0. The first-order valence-electron chi connectivity index (χ1n) is 5.09. The van der Waals surface area contributed by atoms with E-state index in [-0.39, 0.29) is 27.2 Å². The average molecular weight is 311 g/mol. The highest BCUT2D eigenvalue weighted by atomic mass is 35.7. The van der Waals surface area contributed by atoms with Gasteiger partial charge in [0.1, 0.15) is 0 Å². The lowest BCUT2D eigenvalue weighted by atomic mass is 10.2. The Labute approximate surface area is 123 Å². The highest BCUT2D eigenvalue weighted by molar-refractivity contribution is 8.13. The molecule has 2 rings (SSSR count). The van der Waals surface area contributed by atoms with Crippen LogP contribution in [0.25, 0.3) is 0 Å². The first-order chi connectivity index (χ1) is 7.50. The van der Waals surface area contributed by atoms with Crippen LogP contribution in [0.4, 0.5) is 0 Å². The zero-order valence-corrected chi connectivity index (χ0v) is 10.7. The predicted molar refractivity (Wildman–Crippen MR) is 84.5 cm³/mol. The van der Waals surface area contributed by atoms with Gasteiger partial charge in [-0.1, -0.05) is 40.0 Å². The third-order valence-corrected chi connectivity index (χ3v) is 3.50. The Bertz CT molecular complexity index is 401. The van der Waals surface area contributed by atoms with E-state index < -0.39 is 9.05 Å². The van der Waals surface area contributed by atoms with Gasteiger partial charge in [0.2, 0.25) is 0 Å². The Morgan fingerprint density at radius 2 is 1.42 bits per heavy atom. The van der Waals surface area contributed by atoms with Crippen molar-refractivity contribution in [2.45, 2.75) is 46.9 Å². The standard InChI is InChI=1S/C7H7ClO2S.C4H8O.3CH4/c1-6-2-4-7(5-3-6)11(8,9)10;1-2-4-5-3-1;;;/h2-5H,1H3;1-4H2;3*1H4. The van der Waals surface area contributed by atoms with Gasteiger partial charge in [-0.15, -0.1) is 0 Å². The van der Waals surface area contributed by atoms with E-state index in [4.69, 9.17) is 15.4 Å². The molecule has 1 aliphatic rings. The molecule has 0 aromatic heterocycles. The highest BCUT2D eigenvalue weighted by Gasteiger charge is 2.07. The summed E-state index contributed by atoms with van der Waals surface area (Å²) in [7, 11) is 1.54. The number of aryl methyl sites for hydroxylation is 1. The molecule has 0 spiro atoms. The van der Waals surface area contributed by atoms with E-state index in [1.165, 1.54) is 25.0 Å². The van der Waals surface area contributed by atoms with Crippen LogP contribution in [-0.2, 0) is 13.8 Å². The van der Waals surface area contributed by atoms with Crippen LogP contribution < -0.4 is 0 Å². The first-order valence-corrected chi connectivity index (χ1v) is 7.40. The Kier molecular flexibility index (Phi) is 13.9. The van der Waals surface area contributed by atoms with E-state index in [0.29, 0.717) is 0 Å². The molecule has 5 heteroatoms. The fourth-order valence-corrected chi connectivity index (χ4v) is 1.98. The largest absolute Gasteiger partial charge is 0.381 e. The number of hydrogen-bond acceptors (Lipinski definition) is 3. The lowest BCUT2D eigenvalue weighted by Crippen LogP contribution is -1.89. The van der Waals surface area contributed by atoms with Crippen molar-refractivity contribution in [1.82, 2.24) is 0 Å². The highest BCUT2D eigenvalue weighted by Crippen LogP contribution is 2.14. The summed E-state index contributed by atoms with van der Waals surface area (Å²) in [5, 5.41) is 0. The molecule has 0 N–H and O–H groups in total. The first kappa shape index (κ1) is 23.5. The van der Waals surface area contributed by atoms with Crippen LogP contribution in [0.3, 0.4) is 0 Å². The van der Waals surface area contributed by atoms with Crippen LogP contribution in [0.1, 0.15) is 40.7 Å². The van der Waals surface area contributed by atoms with Crippen molar-refractivity contribution in [3.63, 3.8) is 0 Å². The number of ether oxygens (including phenoxy) is 1. The summed E-state index contributed by atoms with van der Waals surface area (Å²) in [4.78, 5) is 0.143. The molecule has 1 aliphatic heterocycles. The summed E-state index contributed by atoms with van der Waals surface area (Å²) < 4.78 is 26.4. The molecule has 0 aliphatic carbocycles. The molecule has 1 aromatic carbocycles. The van der Waals surface area contributed by atoms with Gasteiger partial charge in [0, 0.05) is 23.9 Å². The maximum atomic E-state index is 10.7. The molecule has 1 heterocycles. The molecule has 0 unspecified atom stereocenters. The van der Waals surface area contributed by atoms with Gasteiger partial charge in [-0.05, 0) is 31.9 Å². The van der Waals surface area contributed by atoms with Gasteiger partial charge in [0.15, 0.2) is 0 Å². The minimum Gasteiger partial charge on any atom is -0.381 e. The summed E-state index contributed by atoms with van der Waals surface area (Å²) in [6.45, 7) is 3.88. The van der Waals surface area contributed by atoms with Crippen LogP contribution >= 0.6 is 10.7 Å². The van der Waals surface area contributed by atoms with Crippen molar-refractivity contribution in [1.29, 1.82) is 0 Å². The van der Waals surface area contributed by atoms with Gasteiger partial charge >= 0.3 is 0 Å². The van der Waals surface area contributed by atoms with Gasteiger partial charge in [0.25, 0.3) is 9.05 Å². The molecule has 0 bridgehead atoms. The molecule has 0 atom stereocenters. The molecule has 1 saturated heterocycles. The topological polar surface area (TPSA) is 43.4 Å². The average Bonchev–Trinajstić information content (AvgIpc) is 2.74. The van der Waals surface area contributed by atoms with E-state index >= 15 is 0 Å². The lowest BCUT2D eigenvalue weighted by molar-refractivity contribution is 0.198. The molecule has 0 radical (unpaired) electrons. The third-order valence-electron chi connectivity index (χ3n) is 2.13. The zero-order chi connectivity index (χ0) is 12.0. The lowest BCUT2D eigenvalue weighted by Gasteiger charge is -1.94. The fraction of sp³-hybridized carbons (Fsp3) is 0.571. The summed E-state index contributed by atoms with van der Waals surface area (Å²) in [5.41, 5.74) is 1.01. The smallest absolute Gasteiger partial charge is 0.261 e. The molecule has 1 fully saturated rings. The van der Waals surface area contributed by atoms with Gasteiger partial charge in [0.05, 0.1) is 4.90 Å². The van der Waals surface area contributed by atoms with E-state index in [0.717, 1.165) is 18.8 Å². The quantitative estimate of drug-likeness (QED) is 0.710. The van der Waals surface area contributed by atoms with Crippen molar-refractivity contribution in [2.24, 2.45) is 0 Å². The summed E-state index contributed by atoms with van der Waals surface area (Å²) in [5.74, 6) is 0. The van der Waals surface area contributed by atoms with Crippen LogP contribution in [0.2, 0.25) is 0 Å². The van der Waals surface area contributed by atoms with Crippen molar-refractivity contribution < 1.29 is 13.2 Å². The van der Waals surface area contributed by atoms with Gasteiger partial charge < -0.3 is 4.74 Å². The zero-order valence-electron chi connectivity index (χ0n) is 9.15. The maximum absolute atomic E-state index is 10.7. The summed E-state index contributed by atoms with van der Waals surface area (Å²) in [6, 6.07) is 6.37. The van der Waals surface area contributed by atoms with Crippen LogP contribution in [0.5, 0.6) is 0 Å². The second kappa shape index (κ2) is 11.3. The van der Waals surface area contributed by atoms with E-state index in [2.05, 4.69) is 0 Å². The normalized spacial score (nSPS) is 12.9. The van der Waals surface area contributed by atoms with E-state index in [1.54, 1.807) is 12.1 Å². The minimum absolute atomic E-state index is 0. The fourth-order valence-electron chi connectivity index (χ4n) is 1.21. The van der Waals surface area contributed by atoms with Crippen LogP contribution in [-0.4, -0.2) is 21.6 Å². The Balaban J connectivity index is -0.000000277. The molecule has 19 heavy (non-hydrogen) atoms.